The minimum atomic E-state index is -0.728. The first-order chi connectivity index (χ1) is 8.34. The maximum Gasteiger partial charge on any atom is 0.0798 e. The Morgan fingerprint density at radius 2 is 2.17 bits per heavy atom. The second-order valence-electron chi connectivity index (χ2n) is 5.79. The van der Waals surface area contributed by atoms with Gasteiger partial charge in [0.25, 0.3) is 0 Å². The lowest BCUT2D eigenvalue weighted by atomic mass is 9.99. The topological polar surface area (TPSA) is 50.1 Å². The highest BCUT2D eigenvalue weighted by atomic mass is 16.3. The molecule has 18 heavy (non-hydrogen) atoms. The van der Waals surface area contributed by atoms with Gasteiger partial charge < -0.3 is 10.4 Å². The lowest BCUT2D eigenvalue weighted by Gasteiger charge is -2.24. The van der Waals surface area contributed by atoms with Crippen molar-refractivity contribution in [2.45, 2.75) is 53.2 Å². The van der Waals surface area contributed by atoms with E-state index >= 15 is 0 Å². The van der Waals surface area contributed by atoms with E-state index in [0.717, 1.165) is 24.5 Å². The zero-order valence-electron chi connectivity index (χ0n) is 12.3. The molecule has 4 heteroatoms. The summed E-state index contributed by atoms with van der Waals surface area (Å²) in [4.78, 5) is 0. The molecule has 0 aliphatic carbocycles. The molecule has 4 nitrogen and oxygen atoms in total. The van der Waals surface area contributed by atoms with Crippen molar-refractivity contribution in [2.24, 2.45) is 5.92 Å². The summed E-state index contributed by atoms with van der Waals surface area (Å²) in [7, 11) is 0. The van der Waals surface area contributed by atoms with Crippen LogP contribution in [0.1, 0.15) is 39.1 Å². The second kappa shape index (κ2) is 6.34. The van der Waals surface area contributed by atoms with Crippen LogP contribution in [-0.4, -0.2) is 33.6 Å². The van der Waals surface area contributed by atoms with Crippen LogP contribution in [0.25, 0.3) is 0 Å². The zero-order chi connectivity index (χ0) is 13.8. The summed E-state index contributed by atoms with van der Waals surface area (Å²) < 4.78 is 1.96. The fourth-order valence-electron chi connectivity index (χ4n) is 2.10. The molecule has 0 bridgehead atoms. The van der Waals surface area contributed by atoms with Gasteiger partial charge in [-0.1, -0.05) is 13.8 Å². The summed E-state index contributed by atoms with van der Waals surface area (Å²) in [6.45, 7) is 12.7. The minimum absolute atomic E-state index is 0.601. The van der Waals surface area contributed by atoms with Gasteiger partial charge in [0, 0.05) is 25.2 Å². The lowest BCUT2D eigenvalue weighted by molar-refractivity contribution is 0.0575. The molecule has 1 atom stereocenters. The highest BCUT2D eigenvalue weighted by Gasteiger charge is 2.22. The predicted octanol–water partition coefficient (Wildman–Crippen LogP) is 1.75. The van der Waals surface area contributed by atoms with Crippen molar-refractivity contribution >= 4 is 0 Å². The Morgan fingerprint density at radius 3 is 2.72 bits per heavy atom. The predicted molar refractivity (Wildman–Crippen MR) is 74.7 cm³/mol. The first-order valence-electron chi connectivity index (χ1n) is 6.80. The van der Waals surface area contributed by atoms with Crippen LogP contribution in [-0.2, 0) is 13.0 Å². The summed E-state index contributed by atoms with van der Waals surface area (Å²) in [5.74, 6) is 0.601. The number of rotatable bonds is 7. The largest absolute Gasteiger partial charge is 0.388 e. The van der Waals surface area contributed by atoms with Gasteiger partial charge >= 0.3 is 0 Å². The smallest absolute Gasteiger partial charge is 0.0798 e. The normalized spacial score (nSPS) is 15.1. The van der Waals surface area contributed by atoms with Crippen LogP contribution in [0.3, 0.4) is 0 Å². The Morgan fingerprint density at radius 1 is 1.50 bits per heavy atom. The number of nitrogens with one attached hydrogen (secondary N) is 1. The standard InChI is InChI=1S/C14H27N3O/c1-6-17-13(7-12(4)16-17)8-14(5,18)10-15-9-11(2)3/h7,11,15,18H,6,8-10H2,1-5H3. The van der Waals surface area contributed by atoms with Crippen molar-refractivity contribution in [3.8, 4) is 0 Å². The van der Waals surface area contributed by atoms with Crippen LogP contribution in [0.2, 0.25) is 0 Å². The minimum Gasteiger partial charge on any atom is -0.388 e. The van der Waals surface area contributed by atoms with E-state index in [2.05, 4.69) is 37.3 Å². The number of hydrogen-bond acceptors (Lipinski definition) is 3. The molecule has 1 heterocycles. The van der Waals surface area contributed by atoms with Gasteiger partial charge in [-0.3, -0.25) is 4.68 Å². The highest BCUT2D eigenvalue weighted by Crippen LogP contribution is 2.14. The van der Waals surface area contributed by atoms with Crippen molar-refractivity contribution in [3.05, 3.63) is 17.5 Å². The molecule has 1 rings (SSSR count). The molecule has 0 aliphatic heterocycles. The molecule has 0 fully saturated rings. The Bertz CT molecular complexity index is 369. The van der Waals surface area contributed by atoms with Crippen LogP contribution in [0, 0.1) is 12.8 Å². The number of nitrogens with zero attached hydrogens (tertiary/aromatic N) is 2. The molecule has 1 aromatic rings. The lowest BCUT2D eigenvalue weighted by Crippen LogP contribution is -2.41. The first kappa shape index (κ1) is 15.2. The molecule has 0 aromatic carbocycles. The molecule has 2 N–H and O–H groups in total. The first-order valence-corrected chi connectivity index (χ1v) is 6.80. The Hall–Kier alpha value is -0.870. The molecule has 1 unspecified atom stereocenters. The molecule has 1 aromatic heterocycles. The van der Waals surface area contributed by atoms with Crippen molar-refractivity contribution in [1.29, 1.82) is 0 Å². The van der Waals surface area contributed by atoms with Gasteiger partial charge in [0.05, 0.1) is 11.3 Å². The Labute approximate surface area is 110 Å². The molecule has 0 spiro atoms. The molecule has 104 valence electrons. The Balaban J connectivity index is 2.58. The zero-order valence-corrected chi connectivity index (χ0v) is 12.3. The van der Waals surface area contributed by atoms with Crippen LogP contribution < -0.4 is 5.32 Å². The monoisotopic (exact) mass is 253 g/mol. The number of aromatic nitrogens is 2. The van der Waals surface area contributed by atoms with Crippen molar-refractivity contribution in [1.82, 2.24) is 15.1 Å². The molecular weight excluding hydrogens is 226 g/mol. The highest BCUT2D eigenvalue weighted by molar-refractivity contribution is 5.11. The maximum atomic E-state index is 10.4. The van der Waals surface area contributed by atoms with Gasteiger partial charge in [-0.15, -0.1) is 0 Å². The van der Waals surface area contributed by atoms with Gasteiger partial charge in [-0.25, -0.2) is 0 Å². The SMILES string of the molecule is CCn1nc(C)cc1CC(C)(O)CNCC(C)C. The van der Waals surface area contributed by atoms with Gasteiger partial charge in [-0.05, 0) is 39.3 Å². The number of aryl methyl sites for hydroxylation is 2. The summed E-state index contributed by atoms with van der Waals surface area (Å²) in [5.41, 5.74) is 1.39. The van der Waals surface area contributed by atoms with Crippen LogP contribution in [0.5, 0.6) is 0 Å². The fourth-order valence-corrected chi connectivity index (χ4v) is 2.10. The molecule has 0 radical (unpaired) electrons. The average Bonchev–Trinajstić information content (AvgIpc) is 2.56. The van der Waals surface area contributed by atoms with E-state index in [1.807, 2.05) is 18.5 Å². The van der Waals surface area contributed by atoms with Crippen LogP contribution in [0.15, 0.2) is 6.07 Å². The summed E-state index contributed by atoms with van der Waals surface area (Å²) >= 11 is 0. The number of aliphatic hydroxyl groups is 1. The van der Waals surface area contributed by atoms with Crippen LogP contribution in [0.4, 0.5) is 0 Å². The van der Waals surface area contributed by atoms with E-state index in [1.165, 1.54) is 0 Å². The van der Waals surface area contributed by atoms with Crippen molar-refractivity contribution < 1.29 is 5.11 Å². The van der Waals surface area contributed by atoms with Gasteiger partial charge in [0.1, 0.15) is 0 Å². The third-order valence-electron chi connectivity index (χ3n) is 2.91. The van der Waals surface area contributed by atoms with Crippen molar-refractivity contribution in [3.63, 3.8) is 0 Å². The summed E-state index contributed by atoms with van der Waals surface area (Å²) in [6.07, 6.45) is 0.632. The fraction of sp³-hybridized carbons (Fsp3) is 0.786. The quantitative estimate of drug-likeness (QED) is 0.778. The summed E-state index contributed by atoms with van der Waals surface area (Å²) in [5, 5.41) is 18.1. The molecule has 0 saturated heterocycles. The van der Waals surface area contributed by atoms with Crippen molar-refractivity contribution in [2.75, 3.05) is 13.1 Å². The third kappa shape index (κ3) is 4.78. The molecule has 0 saturated carbocycles. The van der Waals surface area contributed by atoms with E-state index in [9.17, 15) is 5.11 Å². The second-order valence-corrected chi connectivity index (χ2v) is 5.79. The van der Waals surface area contributed by atoms with E-state index < -0.39 is 5.60 Å². The summed E-state index contributed by atoms with van der Waals surface area (Å²) in [6, 6.07) is 2.06. The van der Waals surface area contributed by atoms with E-state index in [-0.39, 0.29) is 0 Å². The number of hydrogen-bond donors (Lipinski definition) is 2. The molecule has 0 aliphatic rings. The van der Waals surface area contributed by atoms with Crippen LogP contribution >= 0.6 is 0 Å². The maximum absolute atomic E-state index is 10.4. The van der Waals surface area contributed by atoms with E-state index in [0.29, 0.717) is 18.9 Å². The average molecular weight is 253 g/mol. The Kier molecular flexibility index (Phi) is 5.35. The van der Waals surface area contributed by atoms with Gasteiger partial charge in [0.15, 0.2) is 0 Å². The molecule has 0 amide bonds. The van der Waals surface area contributed by atoms with Gasteiger partial charge in [-0.2, -0.15) is 5.10 Å². The third-order valence-corrected chi connectivity index (χ3v) is 2.91. The molecular formula is C14H27N3O. The van der Waals surface area contributed by atoms with E-state index in [1.54, 1.807) is 0 Å². The van der Waals surface area contributed by atoms with E-state index in [4.69, 9.17) is 0 Å². The van der Waals surface area contributed by atoms with Gasteiger partial charge in [0.2, 0.25) is 0 Å².